The average molecular weight is 1120 g/mol. The summed E-state index contributed by atoms with van der Waals surface area (Å²) in [5.41, 5.74) is 3.22. The number of nitrogens with two attached hydrogens (primary N) is 1. The van der Waals surface area contributed by atoms with Crippen LogP contribution in [0, 0.1) is 18.8 Å². The number of para-hydroxylation sites is 2. The summed E-state index contributed by atoms with van der Waals surface area (Å²) in [4.78, 5) is 49.6. The SMILES string of the molecule is C.CNc1nc(C)nc2c1ncn2[C@@H]1C[C@H](CO[P@@](=O)(N[C@H](C)C(=O)OC)Oc2ccccc2)[C@@H](O)[C@@]1(C)F.CNc1nc(N)nc2c1ncn2[C@@H]1C[C@H](CO[P@](=O)(N[C@H](C)C(=O)OC)Oc2ccccc2)[C@@H](O)[C@@]1(C)F. The molecule has 0 spiro atoms. The molecule has 25 nitrogen and oxygen atoms in total. The van der Waals surface area contributed by atoms with Gasteiger partial charge in [0.1, 0.15) is 34.9 Å². The van der Waals surface area contributed by atoms with Crippen molar-refractivity contribution < 1.29 is 65.3 Å². The lowest BCUT2D eigenvalue weighted by Crippen LogP contribution is -2.39. The maximum absolute atomic E-state index is 16.0. The molecule has 420 valence electrons. The van der Waals surface area contributed by atoms with E-state index in [1.165, 1.54) is 59.1 Å². The number of benzene rings is 2. The van der Waals surface area contributed by atoms with Crippen molar-refractivity contribution in [2.45, 2.75) is 103 Å². The van der Waals surface area contributed by atoms with Gasteiger partial charge in [0.25, 0.3) is 0 Å². The van der Waals surface area contributed by atoms with E-state index in [2.05, 4.69) is 50.7 Å². The van der Waals surface area contributed by atoms with E-state index in [9.17, 15) is 28.9 Å². The van der Waals surface area contributed by atoms with Crippen LogP contribution in [0.4, 0.5) is 26.4 Å². The number of esters is 2. The molecule has 8 rings (SSSR count). The maximum Gasteiger partial charge on any atom is 0.459 e. The number of carbonyl (C=O) groups is 2. The quantitative estimate of drug-likeness (QED) is 0.0327. The number of nitrogens with one attached hydrogen (secondary N) is 4. The zero-order valence-corrected chi connectivity index (χ0v) is 44.9. The predicted molar refractivity (Wildman–Crippen MR) is 281 cm³/mol. The number of anilines is 3. The van der Waals surface area contributed by atoms with E-state index < -0.39 is 87.0 Å². The number of aliphatic hydroxyl groups excluding tert-OH is 2. The van der Waals surface area contributed by atoms with Crippen LogP contribution in [0.5, 0.6) is 11.5 Å². The number of nitrogens with zero attached hydrogens (tertiary/aromatic N) is 8. The normalized spacial score (nSPS) is 25.3. The summed E-state index contributed by atoms with van der Waals surface area (Å²) in [6, 6.07) is 12.7. The summed E-state index contributed by atoms with van der Waals surface area (Å²) in [5, 5.41) is 32.8. The molecule has 0 aliphatic heterocycles. The number of methoxy groups -OCH3 is 2. The van der Waals surface area contributed by atoms with Crippen LogP contribution >= 0.6 is 15.5 Å². The highest BCUT2D eigenvalue weighted by molar-refractivity contribution is 7.52. The Kier molecular flexibility index (Phi) is 19.0. The minimum Gasteiger partial charge on any atom is -0.468 e. The molecule has 2 fully saturated rings. The lowest BCUT2D eigenvalue weighted by atomic mass is 9.98. The molecular formula is C48H67F2N13O12P2. The molecule has 2 aliphatic rings. The lowest BCUT2D eigenvalue weighted by Gasteiger charge is -2.28. The Morgan fingerprint density at radius 2 is 1.10 bits per heavy atom. The number of fused-ring (bicyclic) bond motifs is 2. The number of imidazole rings is 2. The van der Waals surface area contributed by atoms with Gasteiger partial charge in [0.15, 0.2) is 39.8 Å². The van der Waals surface area contributed by atoms with E-state index in [1.807, 2.05) is 0 Å². The first-order valence-electron chi connectivity index (χ1n) is 24.0. The fourth-order valence-electron chi connectivity index (χ4n) is 9.20. The van der Waals surface area contributed by atoms with E-state index in [0.29, 0.717) is 39.8 Å². The molecule has 0 radical (unpaired) electrons. The van der Waals surface area contributed by atoms with Crippen molar-refractivity contribution in [1.29, 1.82) is 0 Å². The van der Waals surface area contributed by atoms with Gasteiger partial charge in [-0.3, -0.25) is 18.6 Å². The number of hydrogen-bond acceptors (Lipinski definition) is 21. The van der Waals surface area contributed by atoms with Gasteiger partial charge in [-0.25, -0.2) is 37.8 Å². The van der Waals surface area contributed by atoms with Crippen molar-refractivity contribution in [3.05, 3.63) is 79.1 Å². The highest BCUT2D eigenvalue weighted by Crippen LogP contribution is 2.52. The standard InChI is InChI=1S/C24H32FN6O6P.C23H31FN7O6P.CH4/c1-14(23(33)35-5)30-38(34,37-17-9-7-6-8-10-17)36-12-16-11-18(24(3,25)20(16)32)31-13-27-19-21(26-4)28-15(2)29-22(19)31;1-13(21(33)35-4)30-38(34,37-15-8-6-5-7-9-15)36-11-14-10-16(23(2,24)18(14)32)31-12-27-17-19(26-3)28-22(25)29-20(17)31;/h6-10,13-14,16,18,20,32H,11-12H2,1-5H3,(H,30,34)(H,26,28,29);5-9,12-14,16,18,32H,10-11H2,1-4H3,(H,30,34)(H3,25,26,28,29);1H4/t14-,16-,18-,20-,24+,38+;13-,14-,16-,18-,23+,38-;/m11./s1. The van der Waals surface area contributed by atoms with Crippen molar-refractivity contribution in [3.8, 4) is 11.5 Å². The predicted octanol–water partition coefficient (Wildman–Crippen LogP) is 6.27. The molecule has 4 aromatic heterocycles. The number of aliphatic hydroxyl groups is 2. The van der Waals surface area contributed by atoms with Gasteiger partial charge in [0.05, 0.1) is 64.4 Å². The summed E-state index contributed by atoms with van der Waals surface area (Å²) in [7, 11) is -2.57. The highest BCUT2D eigenvalue weighted by atomic mass is 31.2. The highest BCUT2D eigenvalue weighted by Gasteiger charge is 2.56. The molecule has 4 heterocycles. The van der Waals surface area contributed by atoms with Crippen molar-refractivity contribution in [2.75, 3.05) is 57.9 Å². The molecule has 8 N–H and O–H groups in total. The van der Waals surface area contributed by atoms with Gasteiger partial charge in [0, 0.05) is 25.9 Å². The zero-order valence-electron chi connectivity index (χ0n) is 43.2. The van der Waals surface area contributed by atoms with Crippen LogP contribution in [0.3, 0.4) is 0 Å². The molecule has 6 aromatic rings. The monoisotopic (exact) mass is 1120 g/mol. The minimum atomic E-state index is -4.17. The minimum absolute atomic E-state index is 0. The van der Waals surface area contributed by atoms with Gasteiger partial charge >= 0.3 is 27.4 Å². The number of nitrogen functional groups attached to an aromatic ring is 1. The molecule has 2 aliphatic carbocycles. The van der Waals surface area contributed by atoms with Crippen LogP contribution in [-0.2, 0) is 37.2 Å². The van der Waals surface area contributed by atoms with Gasteiger partial charge in [-0.2, -0.15) is 20.1 Å². The van der Waals surface area contributed by atoms with Crippen LogP contribution in [0.25, 0.3) is 22.3 Å². The van der Waals surface area contributed by atoms with Crippen molar-refractivity contribution in [1.82, 2.24) is 49.2 Å². The summed E-state index contributed by atoms with van der Waals surface area (Å²) in [6.45, 7) is 6.53. The van der Waals surface area contributed by atoms with Gasteiger partial charge in [-0.15, -0.1) is 0 Å². The van der Waals surface area contributed by atoms with E-state index in [1.54, 1.807) is 86.2 Å². The third-order valence-corrected chi connectivity index (χ3v) is 16.5. The van der Waals surface area contributed by atoms with E-state index in [-0.39, 0.29) is 50.9 Å². The maximum atomic E-state index is 16.0. The molecule has 0 amide bonds. The third-order valence-electron chi connectivity index (χ3n) is 13.2. The second-order valence-electron chi connectivity index (χ2n) is 18.6. The van der Waals surface area contributed by atoms with Crippen LogP contribution in [0.15, 0.2) is 73.3 Å². The first kappa shape index (κ1) is 59.8. The fourth-order valence-corrected chi connectivity index (χ4v) is 12.3. The molecule has 29 heteroatoms. The number of aromatic nitrogens is 8. The van der Waals surface area contributed by atoms with E-state index in [4.69, 9.17) is 33.3 Å². The van der Waals surface area contributed by atoms with Gasteiger partial charge in [-0.05, 0) is 71.7 Å². The molecule has 2 aromatic carbocycles. The second-order valence-corrected chi connectivity index (χ2v) is 21.9. The molecule has 77 heavy (non-hydrogen) atoms. The summed E-state index contributed by atoms with van der Waals surface area (Å²) in [5.74, 6) is -1.10. The Morgan fingerprint density at radius 3 is 1.49 bits per heavy atom. The fraction of sp³-hybridized carbons (Fsp3) is 0.500. The molecular weight excluding hydrogens is 1050 g/mol. The van der Waals surface area contributed by atoms with E-state index in [0.717, 1.165) is 0 Å². The van der Waals surface area contributed by atoms with Crippen molar-refractivity contribution in [2.24, 2.45) is 11.8 Å². The molecule has 0 saturated heterocycles. The molecule has 12 atom stereocenters. The van der Waals surface area contributed by atoms with Crippen molar-refractivity contribution in [3.63, 3.8) is 0 Å². The summed E-state index contributed by atoms with van der Waals surface area (Å²) >= 11 is 0. The number of rotatable bonds is 20. The Labute approximate surface area is 443 Å². The average Bonchev–Trinajstić information content (AvgIpc) is 4.13. The smallest absolute Gasteiger partial charge is 0.459 e. The molecule has 0 bridgehead atoms. The number of ether oxygens (including phenoxy) is 2. The Morgan fingerprint density at radius 1 is 0.714 bits per heavy atom. The largest absolute Gasteiger partial charge is 0.468 e. The van der Waals surface area contributed by atoms with E-state index >= 15 is 8.78 Å². The van der Waals surface area contributed by atoms with Gasteiger partial charge < -0.3 is 54.2 Å². The molecule has 2 saturated carbocycles. The topological polar surface area (TPSA) is 325 Å². The number of carbonyl (C=O) groups excluding carboxylic acids is 2. The third kappa shape index (κ3) is 13.1. The van der Waals surface area contributed by atoms with Crippen LogP contribution in [0.1, 0.15) is 65.9 Å². The number of halogens is 2. The number of alkyl halides is 2. The number of aryl methyl sites for hydroxylation is 1. The molecule has 0 unspecified atom stereocenters. The Balaban J connectivity index is 0.000000246. The lowest BCUT2D eigenvalue weighted by molar-refractivity contribution is -0.143. The first-order valence-corrected chi connectivity index (χ1v) is 27.1. The second kappa shape index (κ2) is 24.5. The van der Waals surface area contributed by atoms with Crippen LogP contribution in [-0.4, -0.2) is 138 Å². The summed E-state index contributed by atoms with van der Waals surface area (Å²) < 4.78 is 94.4. The van der Waals surface area contributed by atoms with Crippen LogP contribution < -0.4 is 35.6 Å². The zero-order chi connectivity index (χ0) is 55.3. The van der Waals surface area contributed by atoms with Gasteiger partial charge in [-0.1, -0.05) is 43.8 Å². The Hall–Kier alpha value is -6.44. The Bertz CT molecular complexity index is 2880. The number of hydrogen-bond donors (Lipinski definition) is 7. The van der Waals surface area contributed by atoms with Gasteiger partial charge in [0.2, 0.25) is 5.95 Å². The van der Waals surface area contributed by atoms with Crippen molar-refractivity contribution >= 4 is 67.3 Å². The van der Waals surface area contributed by atoms with Crippen LogP contribution in [0.2, 0.25) is 0 Å². The first-order chi connectivity index (χ1) is 36.0. The summed E-state index contributed by atoms with van der Waals surface area (Å²) in [6.07, 6.45) is 0.171.